The van der Waals surface area contributed by atoms with Gasteiger partial charge in [0.05, 0.1) is 6.04 Å². The highest BCUT2D eigenvalue weighted by Crippen LogP contribution is 2.24. The minimum Gasteiger partial charge on any atom is -0.459 e. The Morgan fingerprint density at radius 2 is 1.79 bits per heavy atom. The summed E-state index contributed by atoms with van der Waals surface area (Å²) in [4.78, 5) is 0. The van der Waals surface area contributed by atoms with Gasteiger partial charge in [-0.1, -0.05) is 30.3 Å². The summed E-state index contributed by atoms with van der Waals surface area (Å²) in [6.45, 7) is 0. The van der Waals surface area contributed by atoms with Gasteiger partial charge in [-0.15, -0.1) is 0 Å². The summed E-state index contributed by atoms with van der Waals surface area (Å²) in [6, 6.07) is 15.9. The third-order valence-electron chi connectivity index (χ3n) is 3.18. The lowest BCUT2D eigenvalue weighted by Crippen LogP contribution is -2.12. The molecule has 0 aliphatic rings. The van der Waals surface area contributed by atoms with Crippen LogP contribution in [-0.4, -0.2) is 0 Å². The Morgan fingerprint density at radius 3 is 2.53 bits per heavy atom. The summed E-state index contributed by atoms with van der Waals surface area (Å²) < 4.78 is 18.6. The normalized spacial score (nSPS) is 12.7. The smallest absolute Gasteiger partial charge is 0.134 e. The van der Waals surface area contributed by atoms with E-state index in [0.717, 1.165) is 22.3 Å². The Bertz CT molecular complexity index is 654. The molecule has 3 rings (SSSR count). The molecule has 19 heavy (non-hydrogen) atoms. The van der Waals surface area contributed by atoms with Crippen molar-refractivity contribution in [2.24, 2.45) is 5.73 Å². The van der Waals surface area contributed by atoms with Gasteiger partial charge in [0, 0.05) is 5.39 Å². The van der Waals surface area contributed by atoms with Gasteiger partial charge in [0.25, 0.3) is 0 Å². The maximum absolute atomic E-state index is 12.8. The fourth-order valence-electron chi connectivity index (χ4n) is 2.16. The predicted octanol–water partition coefficient (Wildman–Crippen LogP) is 3.81. The molecule has 0 aliphatic heterocycles. The largest absolute Gasteiger partial charge is 0.459 e. The Kier molecular flexibility index (Phi) is 3.05. The lowest BCUT2D eigenvalue weighted by molar-refractivity contribution is 0.494. The summed E-state index contributed by atoms with van der Waals surface area (Å²) in [5.41, 5.74) is 7.98. The molecule has 96 valence electrons. The van der Waals surface area contributed by atoms with Crippen molar-refractivity contribution in [3.05, 3.63) is 71.7 Å². The van der Waals surface area contributed by atoms with E-state index in [2.05, 4.69) is 0 Å². The van der Waals surface area contributed by atoms with Crippen LogP contribution in [0.4, 0.5) is 4.39 Å². The molecule has 2 nitrogen and oxygen atoms in total. The Hall–Kier alpha value is -2.13. The molecule has 0 amide bonds. The van der Waals surface area contributed by atoms with Crippen molar-refractivity contribution in [1.29, 1.82) is 0 Å². The van der Waals surface area contributed by atoms with E-state index in [9.17, 15) is 4.39 Å². The zero-order valence-corrected chi connectivity index (χ0v) is 10.3. The summed E-state index contributed by atoms with van der Waals surface area (Å²) in [5, 5.41) is 1.05. The zero-order chi connectivity index (χ0) is 13.2. The number of fused-ring (bicyclic) bond motifs is 1. The van der Waals surface area contributed by atoms with Crippen LogP contribution in [0.5, 0.6) is 0 Å². The molecule has 1 unspecified atom stereocenters. The molecule has 0 radical (unpaired) electrons. The highest BCUT2D eigenvalue weighted by atomic mass is 19.1. The van der Waals surface area contributed by atoms with E-state index in [1.54, 1.807) is 12.1 Å². The molecule has 0 saturated heterocycles. The summed E-state index contributed by atoms with van der Waals surface area (Å²) >= 11 is 0. The lowest BCUT2D eigenvalue weighted by Gasteiger charge is -2.08. The van der Waals surface area contributed by atoms with E-state index in [1.165, 1.54) is 12.1 Å². The Labute approximate surface area is 110 Å². The van der Waals surface area contributed by atoms with Crippen molar-refractivity contribution in [2.75, 3.05) is 0 Å². The number of nitrogens with two attached hydrogens (primary N) is 1. The minimum absolute atomic E-state index is 0.224. The molecule has 3 heteroatoms. The lowest BCUT2D eigenvalue weighted by atomic mass is 10.0. The molecule has 2 aromatic carbocycles. The van der Waals surface area contributed by atoms with Crippen molar-refractivity contribution in [2.45, 2.75) is 12.5 Å². The van der Waals surface area contributed by atoms with Gasteiger partial charge in [0.2, 0.25) is 0 Å². The summed E-state index contributed by atoms with van der Waals surface area (Å²) in [7, 11) is 0. The van der Waals surface area contributed by atoms with Gasteiger partial charge < -0.3 is 10.2 Å². The van der Waals surface area contributed by atoms with Crippen LogP contribution in [0.15, 0.2) is 59.0 Å². The minimum atomic E-state index is -0.235. The second-order valence-electron chi connectivity index (χ2n) is 4.62. The highest BCUT2D eigenvalue weighted by molar-refractivity contribution is 5.77. The van der Waals surface area contributed by atoms with Crippen LogP contribution in [-0.2, 0) is 6.42 Å². The average molecular weight is 255 g/mol. The molecule has 1 aromatic heterocycles. The second kappa shape index (κ2) is 4.86. The first-order valence-corrected chi connectivity index (χ1v) is 6.21. The van der Waals surface area contributed by atoms with Crippen LogP contribution in [0.1, 0.15) is 17.4 Å². The van der Waals surface area contributed by atoms with E-state index >= 15 is 0 Å². The monoisotopic (exact) mass is 255 g/mol. The molecule has 3 aromatic rings. The number of hydrogen-bond acceptors (Lipinski definition) is 2. The maximum Gasteiger partial charge on any atom is 0.134 e. The maximum atomic E-state index is 12.8. The van der Waals surface area contributed by atoms with E-state index in [0.29, 0.717) is 6.42 Å². The molecule has 0 fully saturated rings. The Balaban J connectivity index is 1.83. The Morgan fingerprint density at radius 1 is 1.05 bits per heavy atom. The van der Waals surface area contributed by atoms with Crippen LogP contribution in [0.25, 0.3) is 11.0 Å². The first-order chi connectivity index (χ1) is 9.22. The molecular weight excluding hydrogens is 241 g/mol. The SMILES string of the molecule is NC(Cc1ccc(F)cc1)c1cc2ccccc2o1. The molecule has 2 N–H and O–H groups in total. The summed E-state index contributed by atoms with van der Waals surface area (Å²) in [6.07, 6.45) is 0.625. The highest BCUT2D eigenvalue weighted by Gasteiger charge is 2.12. The third kappa shape index (κ3) is 2.51. The number of furan rings is 1. The predicted molar refractivity (Wildman–Crippen MR) is 73.2 cm³/mol. The van der Waals surface area contributed by atoms with E-state index in [4.69, 9.17) is 10.2 Å². The van der Waals surface area contributed by atoms with Crippen molar-refractivity contribution in [3.63, 3.8) is 0 Å². The van der Waals surface area contributed by atoms with Crippen molar-refractivity contribution in [3.8, 4) is 0 Å². The molecule has 1 atom stereocenters. The van der Waals surface area contributed by atoms with Gasteiger partial charge in [-0.25, -0.2) is 4.39 Å². The first kappa shape index (κ1) is 11.9. The van der Waals surface area contributed by atoms with Gasteiger partial charge >= 0.3 is 0 Å². The first-order valence-electron chi connectivity index (χ1n) is 6.21. The van der Waals surface area contributed by atoms with Crippen LogP contribution in [0, 0.1) is 5.82 Å². The molecule has 0 aliphatic carbocycles. The van der Waals surface area contributed by atoms with E-state index in [1.807, 2.05) is 30.3 Å². The van der Waals surface area contributed by atoms with Crippen LogP contribution >= 0.6 is 0 Å². The molecular formula is C16H14FNO. The second-order valence-corrected chi connectivity index (χ2v) is 4.62. The number of para-hydroxylation sites is 1. The van der Waals surface area contributed by atoms with Gasteiger partial charge in [-0.3, -0.25) is 0 Å². The van der Waals surface area contributed by atoms with E-state index in [-0.39, 0.29) is 11.9 Å². The summed E-state index contributed by atoms with van der Waals surface area (Å²) in [5.74, 6) is 0.520. The van der Waals surface area contributed by atoms with Crippen molar-refractivity contribution in [1.82, 2.24) is 0 Å². The molecule has 0 spiro atoms. The number of halogens is 1. The van der Waals surface area contributed by atoms with Crippen molar-refractivity contribution >= 4 is 11.0 Å². The number of hydrogen-bond donors (Lipinski definition) is 1. The topological polar surface area (TPSA) is 39.2 Å². The fourth-order valence-corrected chi connectivity index (χ4v) is 2.16. The zero-order valence-electron chi connectivity index (χ0n) is 10.3. The third-order valence-corrected chi connectivity index (χ3v) is 3.18. The molecule has 0 saturated carbocycles. The van der Waals surface area contributed by atoms with Gasteiger partial charge in [-0.05, 0) is 36.2 Å². The van der Waals surface area contributed by atoms with Crippen molar-refractivity contribution < 1.29 is 8.81 Å². The van der Waals surface area contributed by atoms with Gasteiger partial charge in [0.15, 0.2) is 0 Å². The van der Waals surface area contributed by atoms with Gasteiger partial charge in [0.1, 0.15) is 17.2 Å². The van der Waals surface area contributed by atoms with Crippen LogP contribution in [0.2, 0.25) is 0 Å². The van der Waals surface area contributed by atoms with Crippen LogP contribution in [0.3, 0.4) is 0 Å². The average Bonchev–Trinajstić information content (AvgIpc) is 2.85. The van der Waals surface area contributed by atoms with E-state index < -0.39 is 0 Å². The van der Waals surface area contributed by atoms with Gasteiger partial charge in [-0.2, -0.15) is 0 Å². The number of rotatable bonds is 3. The molecule has 1 heterocycles. The fraction of sp³-hybridized carbons (Fsp3) is 0.125. The standard InChI is InChI=1S/C16H14FNO/c17-13-7-5-11(6-8-13)9-14(18)16-10-12-3-1-2-4-15(12)19-16/h1-8,10,14H,9,18H2. The quantitative estimate of drug-likeness (QED) is 0.772. The molecule has 0 bridgehead atoms. The van der Waals surface area contributed by atoms with Crippen LogP contribution < -0.4 is 5.73 Å². The number of benzene rings is 2.